The van der Waals surface area contributed by atoms with Crippen LogP contribution in [0, 0.1) is 9.49 Å². The number of nitrogens with zero attached hydrogens (tertiary/aromatic N) is 3. The average molecular weight is 451 g/mol. The molecule has 0 saturated carbocycles. The maximum absolute atomic E-state index is 4.79. The lowest BCUT2D eigenvalue weighted by atomic mass is 9.95. The van der Waals surface area contributed by atoms with E-state index in [0.29, 0.717) is 17.6 Å². The second-order valence-electron chi connectivity index (χ2n) is 6.44. The smallest absolute Gasteiger partial charge is 0.164 e. The van der Waals surface area contributed by atoms with Crippen LogP contribution in [0.4, 0.5) is 0 Å². The van der Waals surface area contributed by atoms with Crippen molar-refractivity contribution in [2.45, 2.75) is 13.3 Å². The molecular weight excluding hydrogens is 433 g/mol. The molecule has 3 nitrogen and oxygen atoms in total. The summed E-state index contributed by atoms with van der Waals surface area (Å²) >= 11 is 2.31. The van der Waals surface area contributed by atoms with Gasteiger partial charge in [-0.2, -0.15) is 0 Å². The second-order valence-corrected chi connectivity index (χ2v) is 7.68. The summed E-state index contributed by atoms with van der Waals surface area (Å²) in [6.45, 7) is 2.21. The van der Waals surface area contributed by atoms with Gasteiger partial charge in [0.2, 0.25) is 0 Å². The van der Waals surface area contributed by atoms with E-state index < -0.39 is 0 Å². The van der Waals surface area contributed by atoms with Gasteiger partial charge in [0, 0.05) is 14.7 Å². The fourth-order valence-corrected chi connectivity index (χ4v) is 3.33. The lowest BCUT2D eigenvalue weighted by Gasteiger charge is -2.15. The fourth-order valence-electron chi connectivity index (χ4n) is 2.97. The molecule has 0 aliphatic heterocycles. The van der Waals surface area contributed by atoms with Gasteiger partial charge in [-0.3, -0.25) is 0 Å². The summed E-state index contributed by atoms with van der Waals surface area (Å²) in [5.74, 6) is 2.69. The number of hydrogen-bond donors (Lipinski definition) is 0. The van der Waals surface area contributed by atoms with Gasteiger partial charge in [-0.15, -0.1) is 0 Å². The first kappa shape index (κ1) is 17.1. The lowest BCUT2D eigenvalue weighted by molar-refractivity contribution is 0.742. The van der Waals surface area contributed by atoms with E-state index in [0.717, 1.165) is 28.9 Å². The van der Waals surface area contributed by atoms with E-state index in [2.05, 4.69) is 72.0 Å². The van der Waals surface area contributed by atoms with Crippen molar-refractivity contribution >= 4 is 28.2 Å². The van der Waals surface area contributed by atoms with E-state index in [1.54, 1.807) is 0 Å². The van der Waals surface area contributed by atoms with Gasteiger partial charge >= 0.3 is 0 Å². The molecular formula is C22H18IN3. The van der Waals surface area contributed by atoms with Gasteiger partial charge in [0.05, 0.1) is 0 Å². The van der Waals surface area contributed by atoms with Gasteiger partial charge in [-0.25, -0.2) is 15.0 Å². The zero-order valence-electron chi connectivity index (χ0n) is 14.4. The number of halogens is 1. The Morgan fingerprint density at radius 3 is 2.08 bits per heavy atom. The van der Waals surface area contributed by atoms with Crippen molar-refractivity contribution in [1.29, 1.82) is 0 Å². The summed E-state index contributed by atoms with van der Waals surface area (Å²) < 4.78 is 1.19. The summed E-state index contributed by atoms with van der Waals surface area (Å²) in [6, 6.07) is 18.4. The highest BCUT2D eigenvalue weighted by Gasteiger charge is 2.16. The SMILES string of the molecule is CC1C=CC=C(c2nc(-c3ccccc3)nc(-c3ccc(I)cc3)n2)C1. The number of hydrogen-bond acceptors (Lipinski definition) is 3. The molecule has 0 bridgehead atoms. The molecule has 0 saturated heterocycles. The third-order valence-corrected chi connectivity index (χ3v) is 5.06. The maximum atomic E-state index is 4.79. The Balaban J connectivity index is 1.86. The molecule has 2 aromatic carbocycles. The highest BCUT2D eigenvalue weighted by Crippen LogP contribution is 2.28. The molecule has 0 fully saturated rings. The van der Waals surface area contributed by atoms with Crippen LogP contribution in [0.2, 0.25) is 0 Å². The molecule has 0 radical (unpaired) electrons. The zero-order valence-corrected chi connectivity index (χ0v) is 16.6. The molecule has 1 aromatic heterocycles. The van der Waals surface area contributed by atoms with E-state index in [1.165, 1.54) is 3.57 Å². The minimum atomic E-state index is 0.494. The van der Waals surface area contributed by atoms with Gasteiger partial charge < -0.3 is 0 Å². The molecule has 1 aliphatic carbocycles. The Bertz CT molecular complexity index is 976. The minimum Gasteiger partial charge on any atom is -0.209 e. The molecule has 0 N–H and O–H groups in total. The maximum Gasteiger partial charge on any atom is 0.164 e. The zero-order chi connectivity index (χ0) is 17.9. The standard InChI is InChI=1S/C22H18IN3/c1-15-6-5-9-18(14-15)22-25-20(16-7-3-2-4-8-16)24-21(26-22)17-10-12-19(23)13-11-17/h2-13,15H,14H2,1H3. The van der Waals surface area contributed by atoms with Crippen LogP contribution in [-0.4, -0.2) is 15.0 Å². The van der Waals surface area contributed by atoms with Gasteiger partial charge in [0.25, 0.3) is 0 Å². The molecule has 1 atom stereocenters. The quantitative estimate of drug-likeness (QED) is 0.474. The van der Waals surface area contributed by atoms with Crippen LogP contribution >= 0.6 is 22.6 Å². The van der Waals surface area contributed by atoms with Crippen molar-refractivity contribution in [2.75, 3.05) is 0 Å². The van der Waals surface area contributed by atoms with Crippen LogP contribution in [0.25, 0.3) is 28.3 Å². The van der Waals surface area contributed by atoms with Crippen molar-refractivity contribution < 1.29 is 0 Å². The number of benzene rings is 2. The number of rotatable bonds is 3. The third kappa shape index (κ3) is 3.75. The highest BCUT2D eigenvalue weighted by atomic mass is 127. The monoisotopic (exact) mass is 451 g/mol. The largest absolute Gasteiger partial charge is 0.209 e. The Kier molecular flexibility index (Phi) is 4.93. The summed E-state index contributed by atoms with van der Waals surface area (Å²) in [5, 5.41) is 0. The van der Waals surface area contributed by atoms with Crippen LogP contribution in [0.3, 0.4) is 0 Å². The van der Waals surface area contributed by atoms with E-state index >= 15 is 0 Å². The molecule has 4 heteroatoms. The number of allylic oxidation sites excluding steroid dienone is 4. The first-order valence-corrected chi connectivity index (χ1v) is 9.72. The predicted molar refractivity (Wildman–Crippen MR) is 114 cm³/mol. The molecule has 0 amide bonds. The molecule has 0 spiro atoms. The Labute approximate surface area is 167 Å². The summed E-state index contributed by atoms with van der Waals surface area (Å²) in [5.41, 5.74) is 3.17. The highest BCUT2D eigenvalue weighted by molar-refractivity contribution is 14.1. The van der Waals surface area contributed by atoms with E-state index in [-0.39, 0.29) is 0 Å². The van der Waals surface area contributed by atoms with Crippen molar-refractivity contribution in [1.82, 2.24) is 15.0 Å². The third-order valence-electron chi connectivity index (χ3n) is 4.34. The summed E-state index contributed by atoms with van der Waals surface area (Å²) in [6.07, 6.45) is 7.37. The molecule has 128 valence electrons. The Morgan fingerprint density at radius 1 is 0.808 bits per heavy atom. The molecule has 1 aliphatic rings. The Morgan fingerprint density at radius 2 is 1.42 bits per heavy atom. The molecule has 26 heavy (non-hydrogen) atoms. The van der Waals surface area contributed by atoms with Crippen LogP contribution < -0.4 is 0 Å². The topological polar surface area (TPSA) is 38.7 Å². The van der Waals surface area contributed by atoms with E-state index in [9.17, 15) is 0 Å². The molecule has 1 heterocycles. The Hall–Kier alpha value is -2.34. The predicted octanol–water partition coefficient (Wildman–Crippen LogP) is 5.79. The van der Waals surface area contributed by atoms with Crippen LogP contribution in [-0.2, 0) is 0 Å². The fraction of sp³-hybridized carbons (Fsp3) is 0.136. The molecule has 4 rings (SSSR count). The van der Waals surface area contributed by atoms with Crippen LogP contribution in [0.15, 0.2) is 72.8 Å². The van der Waals surface area contributed by atoms with Crippen LogP contribution in [0.1, 0.15) is 19.2 Å². The molecule has 1 unspecified atom stereocenters. The van der Waals surface area contributed by atoms with Crippen molar-refractivity contribution in [2.24, 2.45) is 5.92 Å². The van der Waals surface area contributed by atoms with E-state index in [4.69, 9.17) is 15.0 Å². The lowest BCUT2D eigenvalue weighted by Crippen LogP contribution is -2.06. The number of aromatic nitrogens is 3. The van der Waals surface area contributed by atoms with Crippen molar-refractivity contribution in [3.8, 4) is 22.8 Å². The molecule has 3 aromatic rings. The van der Waals surface area contributed by atoms with E-state index in [1.807, 2.05) is 30.3 Å². The first-order chi connectivity index (χ1) is 12.7. The minimum absolute atomic E-state index is 0.494. The second kappa shape index (κ2) is 7.50. The van der Waals surface area contributed by atoms with Crippen LogP contribution in [0.5, 0.6) is 0 Å². The van der Waals surface area contributed by atoms with Gasteiger partial charge in [0.1, 0.15) is 0 Å². The summed E-state index contributed by atoms with van der Waals surface area (Å²) in [7, 11) is 0. The van der Waals surface area contributed by atoms with Gasteiger partial charge in [-0.05, 0) is 52.6 Å². The average Bonchev–Trinajstić information content (AvgIpc) is 2.69. The first-order valence-electron chi connectivity index (χ1n) is 8.64. The summed E-state index contributed by atoms with van der Waals surface area (Å²) in [4.78, 5) is 14.3. The normalized spacial score (nSPS) is 16.4. The van der Waals surface area contributed by atoms with Gasteiger partial charge in [0.15, 0.2) is 17.5 Å². The van der Waals surface area contributed by atoms with Crippen molar-refractivity contribution in [3.63, 3.8) is 0 Å². The van der Waals surface area contributed by atoms with Crippen molar-refractivity contribution in [3.05, 3.63) is 82.2 Å². The van der Waals surface area contributed by atoms with Gasteiger partial charge in [-0.1, -0.05) is 67.6 Å².